The van der Waals surface area contributed by atoms with Crippen LogP contribution in [0.1, 0.15) is 38.1 Å². The largest absolute Gasteiger partial charge is 0.486 e. The number of ether oxygens (including phenoxy) is 2. The normalized spacial score (nSPS) is 12.9. The van der Waals surface area contributed by atoms with Gasteiger partial charge in [-0.3, -0.25) is 9.69 Å². The maximum absolute atomic E-state index is 12.6. The van der Waals surface area contributed by atoms with Gasteiger partial charge in [-0.2, -0.15) is 4.98 Å². The molecule has 32 heavy (non-hydrogen) atoms. The molecule has 1 N–H and O–H groups in total. The van der Waals surface area contributed by atoms with Crippen molar-refractivity contribution in [1.82, 2.24) is 15.0 Å². The first-order chi connectivity index (χ1) is 15.5. The Hall–Kier alpha value is -3.39. The van der Waals surface area contributed by atoms with E-state index in [1.54, 1.807) is 18.2 Å². The predicted molar refractivity (Wildman–Crippen MR) is 121 cm³/mol. The highest BCUT2D eigenvalue weighted by molar-refractivity contribution is 5.92. The lowest BCUT2D eigenvalue weighted by Crippen LogP contribution is -2.32. The summed E-state index contributed by atoms with van der Waals surface area (Å²) in [5, 5.41) is 7.00. The molecule has 4 rings (SSSR count). The Kier molecular flexibility index (Phi) is 6.70. The van der Waals surface area contributed by atoms with E-state index in [1.165, 1.54) is 5.56 Å². The van der Waals surface area contributed by atoms with Gasteiger partial charge < -0.3 is 19.3 Å². The third-order valence-electron chi connectivity index (χ3n) is 5.30. The Labute approximate surface area is 187 Å². The van der Waals surface area contributed by atoms with E-state index in [4.69, 9.17) is 14.0 Å². The third-order valence-corrected chi connectivity index (χ3v) is 5.30. The number of hydrogen-bond donors (Lipinski definition) is 1. The first kappa shape index (κ1) is 21.8. The van der Waals surface area contributed by atoms with E-state index >= 15 is 0 Å². The third kappa shape index (κ3) is 5.26. The van der Waals surface area contributed by atoms with Gasteiger partial charge in [-0.25, -0.2) is 0 Å². The second-order valence-corrected chi connectivity index (χ2v) is 8.00. The van der Waals surface area contributed by atoms with Crippen molar-refractivity contribution >= 4 is 11.6 Å². The molecule has 0 bridgehead atoms. The van der Waals surface area contributed by atoms with Gasteiger partial charge in [0.1, 0.15) is 13.2 Å². The fraction of sp³-hybridized carbons (Fsp3) is 0.375. The molecule has 8 nitrogen and oxygen atoms in total. The summed E-state index contributed by atoms with van der Waals surface area (Å²) >= 11 is 0. The molecule has 0 unspecified atom stereocenters. The van der Waals surface area contributed by atoms with Crippen LogP contribution in [0.4, 0.5) is 5.69 Å². The number of aromatic nitrogens is 2. The van der Waals surface area contributed by atoms with Gasteiger partial charge in [0.05, 0.1) is 13.1 Å². The van der Waals surface area contributed by atoms with E-state index in [0.717, 1.165) is 5.56 Å². The van der Waals surface area contributed by atoms with Crippen molar-refractivity contribution in [2.75, 3.05) is 31.6 Å². The molecule has 1 amide bonds. The van der Waals surface area contributed by atoms with Gasteiger partial charge in [0.15, 0.2) is 11.5 Å². The Morgan fingerprint density at radius 3 is 2.56 bits per heavy atom. The van der Waals surface area contributed by atoms with Gasteiger partial charge in [-0.1, -0.05) is 50.2 Å². The number of nitrogens with zero attached hydrogens (tertiary/aromatic N) is 3. The first-order valence-corrected chi connectivity index (χ1v) is 10.9. The molecule has 8 heteroatoms. The van der Waals surface area contributed by atoms with Crippen LogP contribution in [0, 0.1) is 0 Å². The molecule has 0 radical (unpaired) electrons. The lowest BCUT2D eigenvalue weighted by Gasteiger charge is -2.20. The van der Waals surface area contributed by atoms with Gasteiger partial charge in [0.2, 0.25) is 17.6 Å². The summed E-state index contributed by atoms with van der Waals surface area (Å²) in [6.07, 6.45) is 0. The van der Waals surface area contributed by atoms with Gasteiger partial charge in [0.25, 0.3) is 0 Å². The number of nitrogens with one attached hydrogen (secondary N) is 1. The van der Waals surface area contributed by atoms with E-state index < -0.39 is 0 Å². The van der Waals surface area contributed by atoms with Crippen molar-refractivity contribution in [2.24, 2.45) is 0 Å². The van der Waals surface area contributed by atoms with Crippen LogP contribution in [0.5, 0.6) is 11.5 Å². The van der Waals surface area contributed by atoms with E-state index in [1.807, 2.05) is 24.0 Å². The zero-order chi connectivity index (χ0) is 22.5. The van der Waals surface area contributed by atoms with Crippen molar-refractivity contribution in [3.8, 4) is 22.9 Å². The van der Waals surface area contributed by atoms with Crippen molar-refractivity contribution in [1.29, 1.82) is 0 Å². The van der Waals surface area contributed by atoms with Crippen LogP contribution in [0.25, 0.3) is 11.4 Å². The lowest BCUT2D eigenvalue weighted by atomic mass is 10.0. The number of hydrogen-bond acceptors (Lipinski definition) is 7. The molecule has 0 aliphatic carbocycles. The molecule has 3 aromatic rings. The summed E-state index contributed by atoms with van der Waals surface area (Å²) < 4.78 is 16.5. The van der Waals surface area contributed by atoms with E-state index in [-0.39, 0.29) is 12.5 Å². The zero-order valence-corrected chi connectivity index (χ0v) is 18.6. The summed E-state index contributed by atoms with van der Waals surface area (Å²) in [4.78, 5) is 19.0. The predicted octanol–water partition coefficient (Wildman–Crippen LogP) is 4.09. The molecule has 0 saturated carbocycles. The second kappa shape index (κ2) is 9.82. The fourth-order valence-electron chi connectivity index (χ4n) is 3.45. The minimum atomic E-state index is -0.132. The zero-order valence-electron chi connectivity index (χ0n) is 18.6. The number of amides is 1. The molecule has 168 valence electrons. The van der Waals surface area contributed by atoms with E-state index in [9.17, 15) is 4.79 Å². The quantitative estimate of drug-likeness (QED) is 0.569. The van der Waals surface area contributed by atoms with Crippen LogP contribution in [0.2, 0.25) is 0 Å². The number of fused-ring (bicyclic) bond motifs is 1. The second-order valence-electron chi connectivity index (χ2n) is 8.00. The number of carbonyl (C=O) groups is 1. The maximum Gasteiger partial charge on any atom is 0.241 e. The van der Waals surface area contributed by atoms with Gasteiger partial charge in [-0.05, 0) is 30.2 Å². The summed E-state index contributed by atoms with van der Waals surface area (Å²) in [5.74, 6) is 2.69. The number of carbonyl (C=O) groups excluding carboxylic acids is 1. The minimum absolute atomic E-state index is 0.132. The Balaban J connectivity index is 1.35. The highest BCUT2D eigenvalue weighted by atomic mass is 16.6. The number of likely N-dealkylation sites (N-methyl/N-ethyl adjacent to an activating group) is 1. The average molecular weight is 437 g/mol. The molecule has 1 aliphatic heterocycles. The summed E-state index contributed by atoms with van der Waals surface area (Å²) in [5.41, 5.74) is 2.84. The van der Waals surface area contributed by atoms with Crippen molar-refractivity contribution < 1.29 is 18.8 Å². The summed E-state index contributed by atoms with van der Waals surface area (Å²) in [6, 6.07) is 13.5. The van der Waals surface area contributed by atoms with E-state index in [2.05, 4.69) is 41.4 Å². The molecule has 0 atom stereocenters. The van der Waals surface area contributed by atoms with Gasteiger partial charge in [0, 0.05) is 17.3 Å². The maximum atomic E-state index is 12.6. The highest BCUT2D eigenvalue weighted by Gasteiger charge is 2.17. The monoisotopic (exact) mass is 436 g/mol. The van der Waals surface area contributed by atoms with Gasteiger partial charge >= 0.3 is 0 Å². The Morgan fingerprint density at radius 1 is 1.09 bits per heavy atom. The number of benzene rings is 2. The summed E-state index contributed by atoms with van der Waals surface area (Å²) in [7, 11) is 0. The van der Waals surface area contributed by atoms with Crippen molar-refractivity contribution in [3.05, 3.63) is 53.9 Å². The molecule has 1 aromatic heterocycles. The standard InChI is InChI=1S/C24H28N4O4/c1-4-28(14-22(29)25-19-9-10-20-21(13-19)31-12-11-30-20)15-23-26-24(27-32-23)18-7-5-17(6-8-18)16(2)3/h5-10,13,16H,4,11-12,14-15H2,1-3H3,(H,25,29). The van der Waals surface area contributed by atoms with Crippen molar-refractivity contribution in [3.63, 3.8) is 0 Å². The van der Waals surface area contributed by atoms with Crippen LogP contribution in [0.3, 0.4) is 0 Å². The molecule has 2 aromatic carbocycles. The number of rotatable bonds is 8. The highest BCUT2D eigenvalue weighted by Crippen LogP contribution is 2.32. The SMILES string of the molecule is CCN(CC(=O)Nc1ccc2c(c1)OCCO2)Cc1nc(-c2ccc(C(C)C)cc2)no1. The molecule has 0 spiro atoms. The topological polar surface area (TPSA) is 89.7 Å². The van der Waals surface area contributed by atoms with E-state index in [0.29, 0.717) is 61.1 Å². The van der Waals surface area contributed by atoms with Crippen LogP contribution in [-0.2, 0) is 11.3 Å². The smallest absolute Gasteiger partial charge is 0.241 e. The van der Waals surface area contributed by atoms with Crippen LogP contribution in [-0.4, -0.2) is 47.3 Å². The number of anilines is 1. The molecular formula is C24H28N4O4. The van der Waals surface area contributed by atoms with Crippen molar-refractivity contribution in [2.45, 2.75) is 33.2 Å². The Morgan fingerprint density at radius 2 is 1.84 bits per heavy atom. The molecular weight excluding hydrogens is 408 g/mol. The molecule has 0 saturated heterocycles. The Bertz CT molecular complexity index is 1060. The first-order valence-electron chi connectivity index (χ1n) is 10.9. The lowest BCUT2D eigenvalue weighted by molar-refractivity contribution is -0.117. The van der Waals surface area contributed by atoms with Crippen LogP contribution < -0.4 is 14.8 Å². The summed E-state index contributed by atoms with van der Waals surface area (Å²) in [6.45, 7) is 8.59. The van der Waals surface area contributed by atoms with Crippen LogP contribution in [0.15, 0.2) is 47.0 Å². The molecule has 1 aliphatic rings. The van der Waals surface area contributed by atoms with Crippen LogP contribution >= 0.6 is 0 Å². The van der Waals surface area contributed by atoms with Gasteiger partial charge in [-0.15, -0.1) is 0 Å². The average Bonchev–Trinajstić information content (AvgIpc) is 3.27. The minimum Gasteiger partial charge on any atom is -0.486 e. The fourth-order valence-corrected chi connectivity index (χ4v) is 3.45. The molecule has 2 heterocycles. The molecule has 0 fully saturated rings.